The number of pyridine rings is 1. The number of halogens is 1. The summed E-state index contributed by atoms with van der Waals surface area (Å²) in [6.07, 6.45) is 2.32. The molecule has 0 bridgehead atoms. The topological polar surface area (TPSA) is 54.0 Å². The van der Waals surface area contributed by atoms with Gasteiger partial charge in [0.2, 0.25) is 0 Å². The van der Waals surface area contributed by atoms with E-state index in [2.05, 4.69) is 15.6 Å². The molecule has 2 aromatic rings. The quantitative estimate of drug-likeness (QED) is 0.906. The minimum Gasteiger partial charge on any atom is -0.338 e. The summed E-state index contributed by atoms with van der Waals surface area (Å²) in [6, 6.07) is 11.0. The molecule has 0 unspecified atom stereocenters. The van der Waals surface area contributed by atoms with Gasteiger partial charge in [-0.3, -0.25) is 4.98 Å². The SMILES string of the molecule is Cc1ccc(NC(=O)NCCc2ccccc2Cl)cn1. The Morgan fingerprint density at radius 2 is 2.05 bits per heavy atom. The largest absolute Gasteiger partial charge is 0.338 e. The number of carbonyl (C=O) groups is 1. The van der Waals surface area contributed by atoms with Crippen LogP contribution in [0.25, 0.3) is 0 Å². The van der Waals surface area contributed by atoms with Gasteiger partial charge >= 0.3 is 6.03 Å². The van der Waals surface area contributed by atoms with Gasteiger partial charge in [-0.25, -0.2) is 4.79 Å². The van der Waals surface area contributed by atoms with E-state index in [-0.39, 0.29) is 6.03 Å². The van der Waals surface area contributed by atoms with Gasteiger partial charge in [-0.05, 0) is 37.1 Å². The van der Waals surface area contributed by atoms with Crippen LogP contribution in [-0.4, -0.2) is 17.6 Å². The van der Waals surface area contributed by atoms with Crippen molar-refractivity contribution in [2.24, 2.45) is 0 Å². The molecule has 0 aliphatic rings. The normalized spacial score (nSPS) is 10.1. The van der Waals surface area contributed by atoms with Gasteiger partial charge in [0.15, 0.2) is 0 Å². The number of amides is 2. The maximum Gasteiger partial charge on any atom is 0.319 e. The summed E-state index contributed by atoms with van der Waals surface area (Å²) in [7, 11) is 0. The monoisotopic (exact) mass is 289 g/mol. The lowest BCUT2D eigenvalue weighted by Gasteiger charge is -2.08. The molecule has 0 spiro atoms. The standard InChI is InChI=1S/C15H16ClN3O/c1-11-6-7-13(10-18-11)19-15(20)17-9-8-12-4-2-3-5-14(12)16/h2-7,10H,8-9H2,1H3,(H2,17,19,20). The van der Waals surface area contributed by atoms with Gasteiger partial charge in [-0.2, -0.15) is 0 Å². The summed E-state index contributed by atoms with van der Waals surface area (Å²) >= 11 is 6.05. The average Bonchev–Trinajstić information content (AvgIpc) is 2.43. The lowest BCUT2D eigenvalue weighted by Crippen LogP contribution is -2.30. The third-order valence-electron chi connectivity index (χ3n) is 2.81. The fourth-order valence-electron chi connectivity index (χ4n) is 1.73. The fraction of sp³-hybridized carbons (Fsp3) is 0.200. The Labute approximate surface area is 123 Å². The highest BCUT2D eigenvalue weighted by Gasteiger charge is 2.03. The summed E-state index contributed by atoms with van der Waals surface area (Å²) < 4.78 is 0. The van der Waals surface area contributed by atoms with Gasteiger partial charge in [0.25, 0.3) is 0 Å². The Morgan fingerprint density at radius 1 is 1.25 bits per heavy atom. The molecule has 0 saturated carbocycles. The summed E-state index contributed by atoms with van der Waals surface area (Å²) in [5, 5.41) is 6.23. The number of rotatable bonds is 4. The first-order valence-corrected chi connectivity index (χ1v) is 6.74. The number of hydrogen-bond acceptors (Lipinski definition) is 2. The molecule has 20 heavy (non-hydrogen) atoms. The van der Waals surface area contributed by atoms with E-state index in [1.165, 1.54) is 0 Å². The van der Waals surface area contributed by atoms with Gasteiger partial charge < -0.3 is 10.6 Å². The van der Waals surface area contributed by atoms with Crippen molar-refractivity contribution >= 4 is 23.3 Å². The predicted molar refractivity (Wildman–Crippen MR) is 81.2 cm³/mol. The molecule has 0 radical (unpaired) electrons. The lowest BCUT2D eigenvalue weighted by atomic mass is 10.1. The number of urea groups is 1. The molecule has 0 fully saturated rings. The van der Waals surface area contributed by atoms with E-state index in [0.29, 0.717) is 18.7 Å². The van der Waals surface area contributed by atoms with Crippen LogP contribution in [0, 0.1) is 6.92 Å². The molecule has 4 nitrogen and oxygen atoms in total. The smallest absolute Gasteiger partial charge is 0.319 e. The van der Waals surface area contributed by atoms with Gasteiger partial charge in [-0.15, -0.1) is 0 Å². The first-order chi connectivity index (χ1) is 9.65. The van der Waals surface area contributed by atoms with E-state index in [1.807, 2.05) is 43.3 Å². The van der Waals surface area contributed by atoms with E-state index in [0.717, 1.165) is 16.3 Å². The molecule has 1 aromatic carbocycles. The number of nitrogens with zero attached hydrogens (tertiary/aromatic N) is 1. The van der Waals surface area contributed by atoms with Crippen molar-refractivity contribution < 1.29 is 4.79 Å². The zero-order valence-corrected chi connectivity index (χ0v) is 11.9. The van der Waals surface area contributed by atoms with Gasteiger partial charge in [-0.1, -0.05) is 29.8 Å². The van der Waals surface area contributed by atoms with Crippen LogP contribution < -0.4 is 10.6 Å². The Kier molecular flexibility index (Phi) is 4.96. The first kappa shape index (κ1) is 14.3. The Balaban J connectivity index is 1.78. The molecule has 1 aromatic heterocycles. The highest BCUT2D eigenvalue weighted by molar-refractivity contribution is 6.31. The summed E-state index contributed by atoms with van der Waals surface area (Å²) in [5.74, 6) is 0. The second-order valence-electron chi connectivity index (χ2n) is 4.41. The van der Waals surface area contributed by atoms with Crippen molar-refractivity contribution in [2.75, 3.05) is 11.9 Å². The van der Waals surface area contributed by atoms with Gasteiger partial charge in [0, 0.05) is 17.3 Å². The zero-order valence-electron chi connectivity index (χ0n) is 11.2. The van der Waals surface area contributed by atoms with Crippen LogP contribution in [0.5, 0.6) is 0 Å². The first-order valence-electron chi connectivity index (χ1n) is 6.36. The van der Waals surface area contributed by atoms with Crippen molar-refractivity contribution in [3.63, 3.8) is 0 Å². The molecule has 104 valence electrons. The highest BCUT2D eigenvalue weighted by Crippen LogP contribution is 2.14. The van der Waals surface area contributed by atoms with Crippen LogP contribution in [0.4, 0.5) is 10.5 Å². The van der Waals surface area contributed by atoms with Crippen LogP contribution in [0.1, 0.15) is 11.3 Å². The van der Waals surface area contributed by atoms with Crippen molar-refractivity contribution in [3.8, 4) is 0 Å². The number of hydrogen-bond donors (Lipinski definition) is 2. The Hall–Kier alpha value is -2.07. The molecule has 0 aliphatic heterocycles. The van der Waals surface area contributed by atoms with Gasteiger partial charge in [0.1, 0.15) is 0 Å². The van der Waals surface area contributed by atoms with E-state index in [1.54, 1.807) is 6.20 Å². The van der Waals surface area contributed by atoms with Crippen molar-refractivity contribution in [1.29, 1.82) is 0 Å². The lowest BCUT2D eigenvalue weighted by molar-refractivity contribution is 0.252. The van der Waals surface area contributed by atoms with E-state index in [4.69, 9.17) is 11.6 Å². The molecule has 2 N–H and O–H groups in total. The maximum atomic E-state index is 11.7. The van der Waals surface area contributed by atoms with E-state index in [9.17, 15) is 4.79 Å². The second-order valence-corrected chi connectivity index (χ2v) is 4.82. The van der Waals surface area contributed by atoms with E-state index < -0.39 is 0 Å². The molecule has 2 amide bonds. The highest BCUT2D eigenvalue weighted by atomic mass is 35.5. The minimum absolute atomic E-state index is 0.247. The number of aromatic nitrogens is 1. The van der Waals surface area contributed by atoms with Gasteiger partial charge in [0.05, 0.1) is 11.9 Å². The van der Waals surface area contributed by atoms with Crippen molar-refractivity contribution in [3.05, 3.63) is 58.9 Å². The second kappa shape index (κ2) is 6.91. The summed E-state index contributed by atoms with van der Waals surface area (Å²) in [6.45, 7) is 2.42. The van der Waals surface area contributed by atoms with Crippen molar-refractivity contribution in [2.45, 2.75) is 13.3 Å². The third-order valence-corrected chi connectivity index (χ3v) is 3.18. The molecule has 0 saturated heterocycles. The van der Waals surface area contributed by atoms with Crippen LogP contribution in [0.15, 0.2) is 42.6 Å². The number of benzene rings is 1. The number of nitrogens with one attached hydrogen (secondary N) is 2. The number of aryl methyl sites for hydroxylation is 1. The average molecular weight is 290 g/mol. The molecule has 0 atom stereocenters. The summed E-state index contributed by atoms with van der Waals surface area (Å²) in [4.78, 5) is 15.8. The fourth-order valence-corrected chi connectivity index (χ4v) is 1.96. The predicted octanol–water partition coefficient (Wildman–Crippen LogP) is 3.41. The molecule has 1 heterocycles. The van der Waals surface area contributed by atoms with Crippen molar-refractivity contribution in [1.82, 2.24) is 10.3 Å². The van der Waals surface area contributed by atoms with Crippen LogP contribution in [-0.2, 0) is 6.42 Å². The molecule has 2 rings (SSSR count). The molecular formula is C15H16ClN3O. The minimum atomic E-state index is -0.247. The zero-order chi connectivity index (χ0) is 14.4. The summed E-state index contributed by atoms with van der Waals surface area (Å²) in [5.41, 5.74) is 2.60. The number of carbonyl (C=O) groups excluding carboxylic acids is 1. The number of anilines is 1. The van der Waals surface area contributed by atoms with Crippen LogP contribution in [0.2, 0.25) is 5.02 Å². The molecule has 5 heteroatoms. The molecule has 0 aliphatic carbocycles. The Morgan fingerprint density at radius 3 is 2.75 bits per heavy atom. The van der Waals surface area contributed by atoms with E-state index >= 15 is 0 Å². The third kappa shape index (κ3) is 4.24. The maximum absolute atomic E-state index is 11.7. The Bertz CT molecular complexity index is 584. The van der Waals surface area contributed by atoms with Crippen LogP contribution in [0.3, 0.4) is 0 Å². The molecular weight excluding hydrogens is 274 g/mol. The van der Waals surface area contributed by atoms with Crippen LogP contribution >= 0.6 is 11.6 Å².